The van der Waals surface area contributed by atoms with Crippen LogP contribution in [0.15, 0.2) is 77.5 Å². The van der Waals surface area contributed by atoms with E-state index in [1.807, 2.05) is 41.8 Å². The van der Waals surface area contributed by atoms with Crippen LogP contribution >= 0.6 is 22.7 Å². The Balaban J connectivity index is 1.35. The lowest BCUT2D eigenvalue weighted by atomic mass is 10.2. The Labute approximate surface area is 176 Å². The molecule has 7 heteroatoms. The van der Waals surface area contributed by atoms with E-state index in [1.54, 1.807) is 35.7 Å². The third-order valence-corrected chi connectivity index (χ3v) is 5.85. The van der Waals surface area contributed by atoms with Gasteiger partial charge < -0.3 is 10.6 Å². The monoisotopic (exact) mass is 419 g/mol. The summed E-state index contributed by atoms with van der Waals surface area (Å²) in [7, 11) is 0. The molecule has 0 aliphatic rings. The van der Waals surface area contributed by atoms with Gasteiger partial charge in [0.1, 0.15) is 5.69 Å². The molecule has 2 heterocycles. The average Bonchev–Trinajstić information content (AvgIpc) is 3.42. The van der Waals surface area contributed by atoms with Crippen LogP contribution in [0, 0.1) is 0 Å². The third kappa shape index (κ3) is 4.96. The van der Waals surface area contributed by atoms with Gasteiger partial charge in [-0.1, -0.05) is 36.4 Å². The fourth-order valence-corrected chi connectivity index (χ4v) is 4.13. The van der Waals surface area contributed by atoms with Crippen molar-refractivity contribution in [3.8, 4) is 0 Å². The van der Waals surface area contributed by atoms with E-state index in [9.17, 15) is 9.59 Å². The zero-order valence-corrected chi connectivity index (χ0v) is 16.9. The lowest BCUT2D eigenvalue weighted by molar-refractivity contribution is 0.101. The van der Waals surface area contributed by atoms with Crippen molar-refractivity contribution in [1.82, 2.24) is 4.98 Å². The molecule has 2 aromatic carbocycles. The van der Waals surface area contributed by atoms with E-state index in [2.05, 4.69) is 15.6 Å². The lowest BCUT2D eigenvalue weighted by Crippen LogP contribution is -2.13. The van der Waals surface area contributed by atoms with Gasteiger partial charge in [0, 0.05) is 23.2 Å². The molecular formula is C22H17N3O2S2. The number of benzene rings is 2. The highest BCUT2D eigenvalue weighted by Gasteiger charge is 2.12. The zero-order chi connectivity index (χ0) is 20.1. The number of nitrogens with one attached hydrogen (secondary N) is 2. The molecule has 29 heavy (non-hydrogen) atoms. The van der Waals surface area contributed by atoms with E-state index in [1.165, 1.54) is 22.7 Å². The molecule has 0 unspecified atom stereocenters. The summed E-state index contributed by atoms with van der Waals surface area (Å²) in [5.74, 6) is -0.402. The molecule has 0 saturated carbocycles. The highest BCUT2D eigenvalue weighted by atomic mass is 32.1. The Morgan fingerprint density at radius 1 is 0.793 bits per heavy atom. The van der Waals surface area contributed by atoms with E-state index in [4.69, 9.17) is 0 Å². The summed E-state index contributed by atoms with van der Waals surface area (Å²) in [5.41, 5.74) is 2.87. The zero-order valence-electron chi connectivity index (χ0n) is 15.3. The molecule has 0 saturated heterocycles. The summed E-state index contributed by atoms with van der Waals surface area (Å²) in [6.45, 7) is 0. The Hall–Kier alpha value is -3.29. The van der Waals surface area contributed by atoms with Crippen LogP contribution in [0.1, 0.15) is 30.7 Å². The molecule has 2 amide bonds. The van der Waals surface area contributed by atoms with Crippen LogP contribution in [0.5, 0.6) is 0 Å². The first-order chi connectivity index (χ1) is 14.2. The van der Waals surface area contributed by atoms with Gasteiger partial charge in [-0.05, 0) is 41.3 Å². The van der Waals surface area contributed by atoms with Gasteiger partial charge in [0.2, 0.25) is 0 Å². The summed E-state index contributed by atoms with van der Waals surface area (Å²) in [5, 5.41) is 10.2. The molecule has 4 aromatic rings. The number of thiophene rings is 1. The number of hydrogen-bond donors (Lipinski definition) is 2. The number of carbonyl (C=O) groups excluding carboxylic acids is 2. The molecule has 2 N–H and O–H groups in total. The van der Waals surface area contributed by atoms with Crippen molar-refractivity contribution in [3.05, 3.63) is 98.6 Å². The van der Waals surface area contributed by atoms with Crippen LogP contribution in [0.4, 0.5) is 11.4 Å². The molecule has 0 atom stereocenters. The second kappa shape index (κ2) is 8.81. The molecule has 0 bridgehead atoms. The summed E-state index contributed by atoms with van der Waals surface area (Å²) in [6.07, 6.45) is 0.706. The predicted molar refractivity (Wildman–Crippen MR) is 118 cm³/mol. The summed E-state index contributed by atoms with van der Waals surface area (Å²) in [6, 6.07) is 20.6. The van der Waals surface area contributed by atoms with Crippen LogP contribution in [-0.4, -0.2) is 16.8 Å². The van der Waals surface area contributed by atoms with Crippen molar-refractivity contribution in [2.45, 2.75) is 6.42 Å². The van der Waals surface area contributed by atoms with Crippen LogP contribution in [-0.2, 0) is 6.42 Å². The maximum Gasteiger partial charge on any atom is 0.275 e. The smallest absolute Gasteiger partial charge is 0.275 e. The Morgan fingerprint density at radius 2 is 1.48 bits per heavy atom. The van der Waals surface area contributed by atoms with Crippen molar-refractivity contribution in [3.63, 3.8) is 0 Å². The first kappa shape index (κ1) is 19.0. The summed E-state index contributed by atoms with van der Waals surface area (Å²) >= 11 is 2.86. The molecule has 4 rings (SSSR count). The molecule has 0 spiro atoms. The standard InChI is InChI=1S/C22H17N3O2S2/c26-21(18-14-29-20(25-18)13-15-5-2-1-3-6-15)23-16-8-10-17(11-9-16)24-22(27)19-7-4-12-28-19/h1-12,14H,13H2,(H,23,26)(H,24,27). The number of rotatable bonds is 6. The number of nitrogens with zero attached hydrogens (tertiary/aromatic N) is 1. The number of carbonyl (C=O) groups is 2. The van der Waals surface area contributed by atoms with Crippen molar-refractivity contribution >= 4 is 45.9 Å². The number of aromatic nitrogens is 1. The van der Waals surface area contributed by atoms with E-state index in [-0.39, 0.29) is 11.8 Å². The van der Waals surface area contributed by atoms with Crippen LogP contribution in [0.25, 0.3) is 0 Å². The van der Waals surface area contributed by atoms with Gasteiger partial charge in [0.25, 0.3) is 11.8 Å². The minimum Gasteiger partial charge on any atom is -0.321 e. The molecule has 0 aliphatic heterocycles. The first-order valence-electron chi connectivity index (χ1n) is 8.92. The summed E-state index contributed by atoms with van der Waals surface area (Å²) in [4.78, 5) is 29.6. The largest absolute Gasteiger partial charge is 0.321 e. The Bertz CT molecular complexity index is 1100. The number of anilines is 2. The highest BCUT2D eigenvalue weighted by molar-refractivity contribution is 7.12. The third-order valence-electron chi connectivity index (χ3n) is 4.13. The number of thiazole rings is 1. The maximum absolute atomic E-state index is 12.5. The van der Waals surface area contributed by atoms with Gasteiger partial charge in [-0.3, -0.25) is 9.59 Å². The Morgan fingerprint density at radius 3 is 2.14 bits per heavy atom. The fourth-order valence-electron chi connectivity index (χ4n) is 2.70. The van der Waals surface area contributed by atoms with Crippen molar-refractivity contribution in [2.24, 2.45) is 0 Å². The molecule has 0 fully saturated rings. The molecule has 144 valence electrons. The number of hydrogen-bond acceptors (Lipinski definition) is 5. The van der Waals surface area contributed by atoms with Gasteiger partial charge in [-0.15, -0.1) is 22.7 Å². The normalized spacial score (nSPS) is 10.5. The van der Waals surface area contributed by atoms with Gasteiger partial charge >= 0.3 is 0 Å². The Kier molecular flexibility index (Phi) is 5.79. The minimum absolute atomic E-state index is 0.148. The fraction of sp³-hybridized carbons (Fsp3) is 0.0455. The average molecular weight is 420 g/mol. The quantitative estimate of drug-likeness (QED) is 0.445. The second-order valence-electron chi connectivity index (χ2n) is 6.25. The van der Waals surface area contributed by atoms with E-state index >= 15 is 0 Å². The van der Waals surface area contributed by atoms with E-state index in [0.29, 0.717) is 28.4 Å². The van der Waals surface area contributed by atoms with Gasteiger partial charge in [-0.25, -0.2) is 4.98 Å². The van der Waals surface area contributed by atoms with Crippen molar-refractivity contribution < 1.29 is 9.59 Å². The second-order valence-corrected chi connectivity index (χ2v) is 8.14. The molecule has 0 aliphatic carbocycles. The minimum atomic E-state index is -0.254. The summed E-state index contributed by atoms with van der Waals surface area (Å²) < 4.78 is 0. The molecule has 0 radical (unpaired) electrons. The van der Waals surface area contributed by atoms with Crippen LogP contribution in [0.3, 0.4) is 0 Å². The molecule has 5 nitrogen and oxygen atoms in total. The first-order valence-corrected chi connectivity index (χ1v) is 10.7. The molecule has 2 aromatic heterocycles. The van der Waals surface area contributed by atoms with Gasteiger partial charge in [0.05, 0.1) is 9.88 Å². The van der Waals surface area contributed by atoms with Crippen molar-refractivity contribution in [2.75, 3.05) is 10.6 Å². The predicted octanol–water partition coefficient (Wildman–Crippen LogP) is 5.30. The van der Waals surface area contributed by atoms with E-state index < -0.39 is 0 Å². The van der Waals surface area contributed by atoms with E-state index in [0.717, 1.165) is 10.6 Å². The lowest BCUT2D eigenvalue weighted by Gasteiger charge is -2.06. The van der Waals surface area contributed by atoms with Gasteiger partial charge in [-0.2, -0.15) is 0 Å². The number of amides is 2. The van der Waals surface area contributed by atoms with Crippen LogP contribution < -0.4 is 10.6 Å². The SMILES string of the molecule is O=C(Nc1ccc(NC(=O)c2cccs2)cc1)c1csc(Cc2ccccc2)n1. The van der Waals surface area contributed by atoms with Crippen molar-refractivity contribution in [1.29, 1.82) is 0 Å². The topological polar surface area (TPSA) is 71.1 Å². The van der Waals surface area contributed by atoms with Gasteiger partial charge in [0.15, 0.2) is 0 Å². The maximum atomic E-state index is 12.5. The highest BCUT2D eigenvalue weighted by Crippen LogP contribution is 2.19. The van der Waals surface area contributed by atoms with Crippen LogP contribution in [0.2, 0.25) is 0 Å². The molecular weight excluding hydrogens is 402 g/mol.